The number of para-hydroxylation sites is 1. The Labute approximate surface area is 109 Å². The molecule has 0 atom stereocenters. The minimum atomic E-state index is -0.0969. The number of nitrogens with one attached hydrogen (secondary N) is 1. The van der Waals surface area contributed by atoms with E-state index in [2.05, 4.69) is 31.1 Å². The van der Waals surface area contributed by atoms with Gasteiger partial charge in [0.2, 0.25) is 0 Å². The number of nitrogen functional groups attached to an aromatic ring is 1. The Kier molecular flexibility index (Phi) is 5.65. The number of hydrogen-bond donors (Lipinski definition) is 2. The van der Waals surface area contributed by atoms with Gasteiger partial charge in [0, 0.05) is 18.3 Å². The molecule has 0 unspecified atom stereocenters. The number of amides is 1. The lowest BCUT2D eigenvalue weighted by atomic mass is 10.1. The van der Waals surface area contributed by atoms with E-state index in [0.29, 0.717) is 23.8 Å². The molecule has 1 aromatic carbocycles. The molecule has 4 heteroatoms. The summed E-state index contributed by atoms with van der Waals surface area (Å²) in [6.45, 7) is 5.96. The summed E-state index contributed by atoms with van der Waals surface area (Å²) in [5.74, 6) is -0.0969. The molecule has 0 radical (unpaired) electrons. The highest BCUT2D eigenvalue weighted by Gasteiger charge is 2.08. The molecule has 1 aromatic rings. The van der Waals surface area contributed by atoms with Crippen molar-refractivity contribution in [3.63, 3.8) is 0 Å². The number of nitrogens with two attached hydrogens (primary N) is 1. The van der Waals surface area contributed by atoms with Gasteiger partial charge in [0.05, 0.1) is 5.56 Å². The highest BCUT2D eigenvalue weighted by atomic mass is 16.1. The van der Waals surface area contributed by atoms with Crippen LogP contribution in [0.15, 0.2) is 24.3 Å². The molecule has 0 saturated heterocycles. The first-order valence-corrected chi connectivity index (χ1v) is 6.35. The third-order valence-corrected chi connectivity index (χ3v) is 3.06. The van der Waals surface area contributed by atoms with Gasteiger partial charge in [-0.25, -0.2) is 0 Å². The van der Waals surface area contributed by atoms with E-state index in [1.807, 2.05) is 12.1 Å². The van der Waals surface area contributed by atoms with Gasteiger partial charge in [-0.3, -0.25) is 4.79 Å². The van der Waals surface area contributed by atoms with E-state index < -0.39 is 0 Å². The Balaban J connectivity index is 2.32. The van der Waals surface area contributed by atoms with Crippen LogP contribution in [-0.4, -0.2) is 37.0 Å². The van der Waals surface area contributed by atoms with E-state index in [0.717, 1.165) is 13.0 Å². The van der Waals surface area contributed by atoms with E-state index in [1.165, 1.54) is 0 Å². The first-order chi connectivity index (χ1) is 8.52. The van der Waals surface area contributed by atoms with Crippen LogP contribution in [0.2, 0.25) is 0 Å². The van der Waals surface area contributed by atoms with Crippen LogP contribution in [0.5, 0.6) is 0 Å². The first-order valence-electron chi connectivity index (χ1n) is 6.35. The van der Waals surface area contributed by atoms with Crippen LogP contribution in [0.3, 0.4) is 0 Å². The lowest BCUT2D eigenvalue weighted by molar-refractivity contribution is 0.0952. The zero-order valence-electron chi connectivity index (χ0n) is 11.4. The molecule has 0 bridgehead atoms. The van der Waals surface area contributed by atoms with Crippen LogP contribution in [0.4, 0.5) is 5.69 Å². The standard InChI is InChI=1S/C14H23N3O/c1-11(2)17(3)10-6-9-16-14(18)12-7-4-5-8-13(12)15/h4-5,7-8,11H,6,9-10,15H2,1-3H3,(H,16,18). The summed E-state index contributed by atoms with van der Waals surface area (Å²) in [5.41, 5.74) is 6.82. The number of benzene rings is 1. The van der Waals surface area contributed by atoms with Crippen molar-refractivity contribution in [3.05, 3.63) is 29.8 Å². The van der Waals surface area contributed by atoms with Crippen LogP contribution in [0.1, 0.15) is 30.6 Å². The van der Waals surface area contributed by atoms with E-state index in [4.69, 9.17) is 5.73 Å². The van der Waals surface area contributed by atoms with Gasteiger partial charge in [0.15, 0.2) is 0 Å². The Morgan fingerprint density at radius 1 is 1.39 bits per heavy atom. The monoisotopic (exact) mass is 249 g/mol. The second-order valence-electron chi connectivity index (χ2n) is 4.77. The maximum absolute atomic E-state index is 11.8. The van der Waals surface area contributed by atoms with Crippen molar-refractivity contribution >= 4 is 11.6 Å². The van der Waals surface area contributed by atoms with Crippen LogP contribution in [0, 0.1) is 0 Å². The second-order valence-corrected chi connectivity index (χ2v) is 4.77. The Morgan fingerprint density at radius 2 is 2.06 bits per heavy atom. The maximum Gasteiger partial charge on any atom is 0.253 e. The predicted octanol–water partition coefficient (Wildman–Crippen LogP) is 1.73. The average molecular weight is 249 g/mol. The number of rotatable bonds is 6. The van der Waals surface area contributed by atoms with Gasteiger partial charge in [0.25, 0.3) is 5.91 Å². The zero-order valence-corrected chi connectivity index (χ0v) is 11.4. The SMILES string of the molecule is CC(C)N(C)CCCNC(=O)c1ccccc1N. The molecular weight excluding hydrogens is 226 g/mol. The molecule has 0 saturated carbocycles. The number of carbonyl (C=O) groups excluding carboxylic acids is 1. The minimum absolute atomic E-state index is 0.0969. The van der Waals surface area contributed by atoms with E-state index >= 15 is 0 Å². The molecule has 0 aliphatic carbocycles. The fourth-order valence-corrected chi connectivity index (χ4v) is 1.59. The smallest absolute Gasteiger partial charge is 0.253 e. The summed E-state index contributed by atoms with van der Waals surface area (Å²) in [6.07, 6.45) is 0.938. The van der Waals surface area contributed by atoms with Gasteiger partial charge >= 0.3 is 0 Å². The summed E-state index contributed by atoms with van der Waals surface area (Å²) in [6, 6.07) is 7.65. The first kappa shape index (κ1) is 14.5. The summed E-state index contributed by atoms with van der Waals surface area (Å²) in [7, 11) is 2.08. The van der Waals surface area contributed by atoms with Gasteiger partial charge in [0.1, 0.15) is 0 Å². The Morgan fingerprint density at radius 3 is 2.67 bits per heavy atom. The molecular formula is C14H23N3O. The van der Waals surface area contributed by atoms with E-state index in [1.54, 1.807) is 12.1 Å². The fraction of sp³-hybridized carbons (Fsp3) is 0.500. The minimum Gasteiger partial charge on any atom is -0.398 e. The van der Waals surface area contributed by atoms with Crippen molar-refractivity contribution in [2.24, 2.45) is 0 Å². The molecule has 3 N–H and O–H groups in total. The quantitative estimate of drug-likeness (QED) is 0.596. The molecule has 0 aliphatic heterocycles. The van der Waals surface area contributed by atoms with Crippen LogP contribution in [-0.2, 0) is 0 Å². The Hall–Kier alpha value is -1.55. The zero-order chi connectivity index (χ0) is 13.5. The highest BCUT2D eigenvalue weighted by Crippen LogP contribution is 2.09. The molecule has 100 valence electrons. The Bertz CT molecular complexity index is 390. The third kappa shape index (κ3) is 4.37. The average Bonchev–Trinajstić information content (AvgIpc) is 2.34. The molecule has 0 heterocycles. The summed E-state index contributed by atoms with van der Waals surface area (Å²) < 4.78 is 0. The topological polar surface area (TPSA) is 58.4 Å². The summed E-state index contributed by atoms with van der Waals surface area (Å²) in [5, 5.41) is 2.89. The summed E-state index contributed by atoms with van der Waals surface area (Å²) >= 11 is 0. The normalized spacial score (nSPS) is 10.9. The lowest BCUT2D eigenvalue weighted by Crippen LogP contribution is -2.31. The molecule has 1 amide bonds. The predicted molar refractivity (Wildman–Crippen MR) is 75.6 cm³/mol. The largest absolute Gasteiger partial charge is 0.398 e. The van der Waals surface area contributed by atoms with Gasteiger partial charge in [-0.05, 0) is 46.0 Å². The molecule has 1 rings (SSSR count). The van der Waals surface area contributed by atoms with E-state index in [9.17, 15) is 4.79 Å². The van der Waals surface area contributed by atoms with E-state index in [-0.39, 0.29) is 5.91 Å². The molecule has 0 aromatic heterocycles. The molecule has 0 fully saturated rings. The van der Waals surface area contributed by atoms with Crippen LogP contribution < -0.4 is 11.1 Å². The number of anilines is 1. The molecule has 18 heavy (non-hydrogen) atoms. The lowest BCUT2D eigenvalue weighted by Gasteiger charge is -2.20. The molecule has 0 aliphatic rings. The maximum atomic E-state index is 11.8. The number of hydrogen-bond acceptors (Lipinski definition) is 3. The summed E-state index contributed by atoms with van der Waals surface area (Å²) in [4.78, 5) is 14.1. The van der Waals surface area contributed by atoms with Crippen LogP contribution in [0.25, 0.3) is 0 Å². The highest BCUT2D eigenvalue weighted by molar-refractivity contribution is 5.98. The second kappa shape index (κ2) is 7.01. The van der Waals surface area contributed by atoms with Crippen molar-refractivity contribution in [3.8, 4) is 0 Å². The number of nitrogens with zero attached hydrogens (tertiary/aromatic N) is 1. The molecule has 4 nitrogen and oxygen atoms in total. The van der Waals surface area contributed by atoms with Crippen molar-refractivity contribution in [2.75, 3.05) is 25.9 Å². The van der Waals surface area contributed by atoms with Gasteiger partial charge < -0.3 is 16.0 Å². The fourth-order valence-electron chi connectivity index (χ4n) is 1.59. The van der Waals surface area contributed by atoms with Crippen molar-refractivity contribution in [2.45, 2.75) is 26.3 Å². The van der Waals surface area contributed by atoms with Gasteiger partial charge in [-0.15, -0.1) is 0 Å². The van der Waals surface area contributed by atoms with Crippen molar-refractivity contribution in [1.29, 1.82) is 0 Å². The van der Waals surface area contributed by atoms with Gasteiger partial charge in [-0.1, -0.05) is 12.1 Å². The third-order valence-electron chi connectivity index (χ3n) is 3.06. The molecule has 0 spiro atoms. The van der Waals surface area contributed by atoms with Crippen LogP contribution >= 0.6 is 0 Å². The van der Waals surface area contributed by atoms with Gasteiger partial charge in [-0.2, -0.15) is 0 Å². The number of carbonyl (C=O) groups is 1. The van der Waals surface area contributed by atoms with Crippen molar-refractivity contribution < 1.29 is 4.79 Å². The van der Waals surface area contributed by atoms with Crippen molar-refractivity contribution in [1.82, 2.24) is 10.2 Å².